The largest absolute Gasteiger partial charge is 0.395 e. The summed E-state index contributed by atoms with van der Waals surface area (Å²) in [5.74, 6) is -0.206. The van der Waals surface area contributed by atoms with E-state index in [-0.39, 0.29) is 25.5 Å². The summed E-state index contributed by atoms with van der Waals surface area (Å²) in [6, 6.07) is 7.04. The van der Waals surface area contributed by atoms with Gasteiger partial charge in [0.05, 0.1) is 19.7 Å². The highest BCUT2D eigenvalue weighted by atomic mass is 19.3. The predicted molar refractivity (Wildman–Crippen MR) is 65.0 cm³/mol. The molecule has 0 aliphatic rings. The summed E-state index contributed by atoms with van der Waals surface area (Å²) >= 11 is 0. The Labute approximate surface area is 105 Å². The average Bonchev–Trinajstić information content (AvgIpc) is 2.28. The van der Waals surface area contributed by atoms with Crippen molar-refractivity contribution in [3.8, 4) is 0 Å². The van der Waals surface area contributed by atoms with Crippen molar-refractivity contribution in [2.45, 2.75) is 13.3 Å². The quantitative estimate of drug-likeness (QED) is 0.756. The van der Waals surface area contributed by atoms with E-state index in [2.05, 4.69) is 0 Å². The summed E-state index contributed by atoms with van der Waals surface area (Å²) in [6.07, 6.45) is -2.51. The third-order valence-corrected chi connectivity index (χ3v) is 2.63. The first-order chi connectivity index (χ1) is 8.54. The van der Waals surface area contributed by atoms with Gasteiger partial charge in [0.15, 0.2) is 5.78 Å². The van der Waals surface area contributed by atoms with E-state index in [4.69, 9.17) is 5.11 Å². The number of aliphatic hydroxyl groups excluding tert-OH is 1. The van der Waals surface area contributed by atoms with Crippen LogP contribution in [-0.4, -0.2) is 48.5 Å². The minimum absolute atomic E-state index is 0.0714. The second kappa shape index (κ2) is 7.18. The van der Waals surface area contributed by atoms with Crippen LogP contribution in [0.2, 0.25) is 0 Å². The van der Waals surface area contributed by atoms with Crippen molar-refractivity contribution < 1.29 is 18.7 Å². The Hall–Kier alpha value is -1.33. The van der Waals surface area contributed by atoms with Crippen LogP contribution in [0.15, 0.2) is 24.3 Å². The molecule has 1 N–H and O–H groups in total. The Morgan fingerprint density at radius 3 is 2.61 bits per heavy atom. The number of carbonyl (C=O) groups is 1. The van der Waals surface area contributed by atoms with Crippen molar-refractivity contribution in [2.75, 3.05) is 26.2 Å². The lowest BCUT2D eigenvalue weighted by Crippen LogP contribution is -2.36. The number of aliphatic hydroxyl groups is 1. The van der Waals surface area contributed by atoms with Gasteiger partial charge in [0, 0.05) is 12.1 Å². The van der Waals surface area contributed by atoms with E-state index >= 15 is 0 Å². The van der Waals surface area contributed by atoms with E-state index in [1.54, 1.807) is 25.1 Å². The number of Topliss-reactive ketones (excluding diaryl/α,β-unsaturated/α-hetero) is 1. The Kier molecular flexibility index (Phi) is 5.88. The first kappa shape index (κ1) is 14.7. The van der Waals surface area contributed by atoms with Gasteiger partial charge in [-0.2, -0.15) is 0 Å². The fourth-order valence-electron chi connectivity index (χ4n) is 1.75. The maximum absolute atomic E-state index is 12.3. The van der Waals surface area contributed by atoms with E-state index in [1.165, 1.54) is 4.90 Å². The molecular formula is C13H17F2NO2. The van der Waals surface area contributed by atoms with Gasteiger partial charge in [-0.1, -0.05) is 24.3 Å². The third-order valence-electron chi connectivity index (χ3n) is 2.63. The summed E-state index contributed by atoms with van der Waals surface area (Å²) in [5.41, 5.74) is 1.36. The second-order valence-corrected chi connectivity index (χ2v) is 4.09. The predicted octanol–water partition coefficient (Wildman–Crippen LogP) is 1.74. The number of aryl methyl sites for hydroxylation is 1. The van der Waals surface area contributed by atoms with Gasteiger partial charge in [0.25, 0.3) is 6.43 Å². The number of hydrogen-bond acceptors (Lipinski definition) is 3. The lowest BCUT2D eigenvalue weighted by Gasteiger charge is -2.20. The highest BCUT2D eigenvalue weighted by Gasteiger charge is 2.17. The lowest BCUT2D eigenvalue weighted by molar-refractivity contribution is 0.0689. The summed E-state index contributed by atoms with van der Waals surface area (Å²) in [5, 5.41) is 8.79. The van der Waals surface area contributed by atoms with Gasteiger partial charge in [-0.3, -0.25) is 9.69 Å². The Morgan fingerprint density at radius 2 is 2.06 bits per heavy atom. The van der Waals surface area contributed by atoms with Crippen molar-refractivity contribution in [2.24, 2.45) is 0 Å². The van der Waals surface area contributed by atoms with Crippen molar-refractivity contribution in [1.82, 2.24) is 4.90 Å². The summed E-state index contributed by atoms with van der Waals surface area (Å²) in [7, 11) is 0. The van der Waals surface area contributed by atoms with Crippen molar-refractivity contribution >= 4 is 5.78 Å². The van der Waals surface area contributed by atoms with Gasteiger partial charge in [-0.15, -0.1) is 0 Å². The van der Waals surface area contributed by atoms with Gasteiger partial charge in [-0.25, -0.2) is 8.78 Å². The first-order valence-corrected chi connectivity index (χ1v) is 5.74. The summed E-state index contributed by atoms with van der Waals surface area (Å²) < 4.78 is 24.6. The van der Waals surface area contributed by atoms with Gasteiger partial charge in [0.1, 0.15) is 0 Å². The molecule has 0 aromatic heterocycles. The third kappa shape index (κ3) is 4.50. The molecule has 1 aromatic rings. The molecule has 100 valence electrons. The number of nitrogens with zero attached hydrogens (tertiary/aromatic N) is 1. The molecule has 0 unspecified atom stereocenters. The Balaban J connectivity index is 2.69. The van der Waals surface area contributed by atoms with Crippen molar-refractivity contribution in [1.29, 1.82) is 0 Å². The molecule has 0 fully saturated rings. The molecule has 1 rings (SSSR count). The Bertz CT molecular complexity index is 396. The monoisotopic (exact) mass is 257 g/mol. The number of ketones is 1. The molecular weight excluding hydrogens is 240 g/mol. The van der Waals surface area contributed by atoms with Gasteiger partial charge in [0.2, 0.25) is 0 Å². The van der Waals surface area contributed by atoms with Crippen LogP contribution >= 0.6 is 0 Å². The van der Waals surface area contributed by atoms with Crippen LogP contribution in [0.5, 0.6) is 0 Å². The van der Waals surface area contributed by atoms with E-state index in [0.29, 0.717) is 5.56 Å². The van der Waals surface area contributed by atoms with E-state index in [1.807, 2.05) is 6.07 Å². The number of rotatable bonds is 7. The first-order valence-electron chi connectivity index (χ1n) is 5.74. The molecule has 0 spiro atoms. The molecule has 0 saturated carbocycles. The fraction of sp³-hybridized carbons (Fsp3) is 0.462. The number of carbonyl (C=O) groups excluding carboxylic acids is 1. The fourth-order valence-corrected chi connectivity index (χ4v) is 1.75. The number of halogens is 2. The van der Waals surface area contributed by atoms with Crippen LogP contribution in [0.1, 0.15) is 15.9 Å². The summed E-state index contributed by atoms with van der Waals surface area (Å²) in [4.78, 5) is 13.2. The minimum Gasteiger partial charge on any atom is -0.395 e. The van der Waals surface area contributed by atoms with Crippen LogP contribution in [0.3, 0.4) is 0 Å². The molecule has 0 saturated heterocycles. The molecule has 1 aromatic carbocycles. The van der Waals surface area contributed by atoms with Crippen molar-refractivity contribution in [3.63, 3.8) is 0 Å². The molecule has 3 nitrogen and oxygen atoms in total. The molecule has 0 aliphatic heterocycles. The zero-order valence-electron chi connectivity index (χ0n) is 10.3. The average molecular weight is 257 g/mol. The topological polar surface area (TPSA) is 40.5 Å². The number of benzene rings is 1. The zero-order chi connectivity index (χ0) is 13.5. The normalized spacial score (nSPS) is 11.2. The number of hydrogen-bond donors (Lipinski definition) is 1. The highest BCUT2D eigenvalue weighted by molar-refractivity contribution is 5.98. The van der Waals surface area contributed by atoms with Crippen molar-refractivity contribution in [3.05, 3.63) is 35.4 Å². The molecule has 0 radical (unpaired) electrons. The van der Waals surface area contributed by atoms with Gasteiger partial charge >= 0.3 is 0 Å². The molecule has 18 heavy (non-hydrogen) atoms. The molecule has 0 aliphatic carbocycles. The minimum atomic E-state index is -2.51. The lowest BCUT2D eigenvalue weighted by atomic mass is 10.0. The zero-order valence-corrected chi connectivity index (χ0v) is 10.3. The molecule has 0 bridgehead atoms. The van der Waals surface area contributed by atoms with E-state index in [0.717, 1.165) is 5.56 Å². The second-order valence-electron chi connectivity index (χ2n) is 4.09. The van der Waals surface area contributed by atoms with E-state index in [9.17, 15) is 13.6 Å². The molecule has 0 amide bonds. The van der Waals surface area contributed by atoms with Crippen LogP contribution in [-0.2, 0) is 0 Å². The van der Waals surface area contributed by atoms with Crippen LogP contribution in [0.4, 0.5) is 8.78 Å². The SMILES string of the molecule is Cc1ccccc1C(=O)CN(CCO)CC(F)F. The molecule has 0 heterocycles. The number of alkyl halides is 2. The molecule has 0 atom stereocenters. The maximum atomic E-state index is 12.3. The highest BCUT2D eigenvalue weighted by Crippen LogP contribution is 2.09. The maximum Gasteiger partial charge on any atom is 0.251 e. The van der Waals surface area contributed by atoms with Gasteiger partial charge in [-0.05, 0) is 12.5 Å². The van der Waals surface area contributed by atoms with Gasteiger partial charge < -0.3 is 5.11 Å². The van der Waals surface area contributed by atoms with Crippen LogP contribution in [0, 0.1) is 6.92 Å². The van der Waals surface area contributed by atoms with Crippen LogP contribution < -0.4 is 0 Å². The smallest absolute Gasteiger partial charge is 0.251 e. The standard InChI is InChI=1S/C13H17F2NO2/c1-10-4-2-3-5-11(10)12(18)8-16(6-7-17)9-13(14)15/h2-5,13,17H,6-9H2,1H3. The Morgan fingerprint density at radius 1 is 1.39 bits per heavy atom. The van der Waals surface area contributed by atoms with E-state index < -0.39 is 13.0 Å². The van der Waals surface area contributed by atoms with Crippen LogP contribution in [0.25, 0.3) is 0 Å². The molecule has 5 heteroatoms. The summed E-state index contributed by atoms with van der Waals surface area (Å²) in [6.45, 7) is 1.03.